The van der Waals surface area contributed by atoms with Crippen LogP contribution in [0.5, 0.6) is 0 Å². The predicted octanol–water partition coefficient (Wildman–Crippen LogP) is 2.15. The van der Waals surface area contributed by atoms with E-state index < -0.39 is 0 Å². The Morgan fingerprint density at radius 3 is 2.04 bits per heavy atom. The summed E-state index contributed by atoms with van der Waals surface area (Å²) >= 11 is 0. The molecule has 126 valence electrons. The number of piperazine rings is 1. The lowest BCUT2D eigenvalue weighted by Gasteiger charge is -2.33. The summed E-state index contributed by atoms with van der Waals surface area (Å²) in [5, 5.41) is 8.97. The van der Waals surface area contributed by atoms with Gasteiger partial charge in [0.1, 0.15) is 0 Å². The first kappa shape index (κ1) is 16.8. The standard InChI is InChI=1S/C20H24N2O2/c23-15-14-21-10-12-22(13-11-21)16-20(24)19-8-6-18(7-9-19)17-4-2-1-3-5-17/h1-9,23H,10-16H2. The smallest absolute Gasteiger partial charge is 0.176 e. The summed E-state index contributed by atoms with van der Waals surface area (Å²) in [4.78, 5) is 16.9. The first-order valence-electron chi connectivity index (χ1n) is 8.50. The van der Waals surface area contributed by atoms with Crippen molar-refractivity contribution in [2.75, 3.05) is 45.9 Å². The monoisotopic (exact) mass is 324 g/mol. The summed E-state index contributed by atoms with van der Waals surface area (Å²) in [5.41, 5.74) is 3.06. The van der Waals surface area contributed by atoms with Gasteiger partial charge in [-0.3, -0.25) is 14.6 Å². The molecular weight excluding hydrogens is 300 g/mol. The zero-order valence-electron chi connectivity index (χ0n) is 13.9. The van der Waals surface area contributed by atoms with Gasteiger partial charge in [-0.05, 0) is 11.1 Å². The Kier molecular flexibility index (Phi) is 5.75. The van der Waals surface area contributed by atoms with Crippen LogP contribution in [0.3, 0.4) is 0 Å². The summed E-state index contributed by atoms with van der Waals surface area (Å²) in [6.07, 6.45) is 0. The van der Waals surface area contributed by atoms with Crippen LogP contribution in [0.15, 0.2) is 54.6 Å². The molecule has 4 nitrogen and oxygen atoms in total. The van der Waals surface area contributed by atoms with Crippen molar-refractivity contribution in [3.8, 4) is 11.1 Å². The zero-order chi connectivity index (χ0) is 16.8. The zero-order valence-corrected chi connectivity index (χ0v) is 13.9. The van der Waals surface area contributed by atoms with Gasteiger partial charge in [0.05, 0.1) is 13.2 Å². The molecule has 1 aliphatic rings. The third kappa shape index (κ3) is 4.29. The third-order valence-electron chi connectivity index (χ3n) is 4.56. The van der Waals surface area contributed by atoms with Crippen LogP contribution >= 0.6 is 0 Å². The fraction of sp³-hybridized carbons (Fsp3) is 0.350. The van der Waals surface area contributed by atoms with Crippen LogP contribution in [0, 0.1) is 0 Å². The number of carbonyl (C=O) groups is 1. The van der Waals surface area contributed by atoms with Gasteiger partial charge in [-0.25, -0.2) is 0 Å². The van der Waals surface area contributed by atoms with Crippen molar-refractivity contribution in [2.24, 2.45) is 0 Å². The minimum atomic E-state index is 0.171. The van der Waals surface area contributed by atoms with Gasteiger partial charge < -0.3 is 5.11 Å². The number of hydrogen-bond acceptors (Lipinski definition) is 4. The molecule has 0 aromatic heterocycles. The Bertz CT molecular complexity index is 647. The van der Waals surface area contributed by atoms with Gasteiger partial charge in [0.2, 0.25) is 0 Å². The normalized spacial score (nSPS) is 16.2. The van der Waals surface area contributed by atoms with E-state index in [2.05, 4.69) is 21.9 Å². The quantitative estimate of drug-likeness (QED) is 0.827. The summed E-state index contributed by atoms with van der Waals surface area (Å²) in [6.45, 7) is 5.00. The Labute approximate surface area is 143 Å². The minimum Gasteiger partial charge on any atom is -0.395 e. The summed E-state index contributed by atoms with van der Waals surface area (Å²) in [6, 6.07) is 18.1. The molecular formula is C20H24N2O2. The van der Waals surface area contributed by atoms with Crippen molar-refractivity contribution in [1.29, 1.82) is 0 Å². The van der Waals surface area contributed by atoms with Crippen LogP contribution in [0.25, 0.3) is 11.1 Å². The Hall–Kier alpha value is -2.01. The first-order chi connectivity index (χ1) is 11.8. The molecule has 0 amide bonds. The Morgan fingerprint density at radius 2 is 1.42 bits per heavy atom. The van der Waals surface area contributed by atoms with Crippen LogP contribution in [-0.4, -0.2) is 66.6 Å². The van der Waals surface area contributed by atoms with Crippen molar-refractivity contribution < 1.29 is 9.90 Å². The molecule has 4 heteroatoms. The van der Waals surface area contributed by atoms with Crippen molar-refractivity contribution in [2.45, 2.75) is 0 Å². The maximum Gasteiger partial charge on any atom is 0.176 e. The summed E-state index contributed by atoms with van der Waals surface area (Å²) < 4.78 is 0. The molecule has 24 heavy (non-hydrogen) atoms. The van der Waals surface area contributed by atoms with Gasteiger partial charge in [-0.2, -0.15) is 0 Å². The maximum absolute atomic E-state index is 12.5. The molecule has 0 radical (unpaired) electrons. The van der Waals surface area contributed by atoms with Crippen molar-refractivity contribution >= 4 is 5.78 Å². The lowest BCUT2D eigenvalue weighted by molar-refractivity contribution is 0.0822. The summed E-state index contributed by atoms with van der Waals surface area (Å²) in [7, 11) is 0. The van der Waals surface area contributed by atoms with Crippen LogP contribution in [0.2, 0.25) is 0 Å². The Balaban J connectivity index is 1.56. The van der Waals surface area contributed by atoms with Crippen LogP contribution in [0.1, 0.15) is 10.4 Å². The van der Waals surface area contributed by atoms with Gasteiger partial charge in [0.25, 0.3) is 0 Å². The highest BCUT2D eigenvalue weighted by Gasteiger charge is 2.19. The molecule has 3 rings (SSSR count). The van der Waals surface area contributed by atoms with E-state index in [1.165, 1.54) is 0 Å². The number of carbonyl (C=O) groups excluding carboxylic acids is 1. The molecule has 0 spiro atoms. The van der Waals surface area contributed by atoms with Gasteiger partial charge in [-0.1, -0.05) is 54.6 Å². The largest absolute Gasteiger partial charge is 0.395 e. The number of Topliss-reactive ketones (excluding diaryl/α,β-unsaturated/α-hetero) is 1. The molecule has 0 atom stereocenters. The lowest BCUT2D eigenvalue weighted by atomic mass is 10.0. The van der Waals surface area contributed by atoms with Gasteiger partial charge >= 0.3 is 0 Å². The number of aliphatic hydroxyl groups excluding tert-OH is 1. The minimum absolute atomic E-state index is 0.171. The molecule has 0 bridgehead atoms. The van der Waals surface area contributed by atoms with Crippen LogP contribution in [-0.2, 0) is 0 Å². The molecule has 2 aromatic rings. The molecule has 0 saturated carbocycles. The number of hydrogen-bond donors (Lipinski definition) is 1. The number of nitrogens with zero attached hydrogens (tertiary/aromatic N) is 2. The maximum atomic E-state index is 12.5. The van der Waals surface area contributed by atoms with Crippen molar-refractivity contribution in [3.63, 3.8) is 0 Å². The molecule has 1 heterocycles. The van der Waals surface area contributed by atoms with Crippen LogP contribution < -0.4 is 0 Å². The average Bonchev–Trinajstić information content (AvgIpc) is 2.64. The summed E-state index contributed by atoms with van der Waals surface area (Å²) in [5.74, 6) is 0.171. The van der Waals surface area contributed by atoms with Crippen LogP contribution in [0.4, 0.5) is 0 Å². The highest BCUT2D eigenvalue weighted by atomic mass is 16.3. The predicted molar refractivity (Wildman–Crippen MR) is 96.2 cm³/mol. The fourth-order valence-electron chi connectivity index (χ4n) is 3.09. The Morgan fingerprint density at radius 1 is 0.833 bits per heavy atom. The molecule has 0 unspecified atom stereocenters. The highest BCUT2D eigenvalue weighted by Crippen LogP contribution is 2.19. The van der Waals surface area contributed by atoms with E-state index in [-0.39, 0.29) is 12.4 Å². The van der Waals surface area contributed by atoms with Gasteiger partial charge in [-0.15, -0.1) is 0 Å². The lowest BCUT2D eigenvalue weighted by Crippen LogP contribution is -2.48. The van der Waals surface area contributed by atoms with E-state index in [0.29, 0.717) is 6.54 Å². The third-order valence-corrected chi connectivity index (χ3v) is 4.56. The SMILES string of the molecule is O=C(CN1CCN(CCO)CC1)c1ccc(-c2ccccc2)cc1. The van der Waals surface area contributed by atoms with Crippen molar-refractivity contribution in [1.82, 2.24) is 9.80 Å². The van der Waals surface area contributed by atoms with Crippen molar-refractivity contribution in [3.05, 3.63) is 60.2 Å². The van der Waals surface area contributed by atoms with E-state index in [4.69, 9.17) is 5.11 Å². The average molecular weight is 324 g/mol. The van der Waals surface area contributed by atoms with E-state index in [9.17, 15) is 4.79 Å². The van der Waals surface area contributed by atoms with E-state index in [1.54, 1.807) is 0 Å². The molecule has 2 aromatic carbocycles. The fourth-order valence-corrected chi connectivity index (χ4v) is 3.09. The molecule has 0 aliphatic carbocycles. The first-order valence-corrected chi connectivity index (χ1v) is 8.50. The number of rotatable bonds is 6. The van der Waals surface area contributed by atoms with E-state index in [0.717, 1.165) is 49.4 Å². The number of ketones is 1. The van der Waals surface area contributed by atoms with E-state index >= 15 is 0 Å². The second-order valence-corrected chi connectivity index (χ2v) is 6.21. The second kappa shape index (κ2) is 8.20. The van der Waals surface area contributed by atoms with Gasteiger partial charge in [0, 0.05) is 38.3 Å². The highest BCUT2D eigenvalue weighted by molar-refractivity contribution is 5.98. The number of aliphatic hydroxyl groups is 1. The molecule has 1 fully saturated rings. The molecule has 1 saturated heterocycles. The molecule has 1 N–H and O–H groups in total. The molecule has 1 aliphatic heterocycles. The number of benzene rings is 2. The van der Waals surface area contributed by atoms with Gasteiger partial charge in [0.15, 0.2) is 5.78 Å². The second-order valence-electron chi connectivity index (χ2n) is 6.21. The van der Waals surface area contributed by atoms with E-state index in [1.807, 2.05) is 42.5 Å². The topological polar surface area (TPSA) is 43.8 Å². The number of β-amino-alcohol motifs (C(OH)–C–C–N with tert-alkyl or cyclic N) is 1.